The number of hydrogen-bond donors (Lipinski definition) is 1. The van der Waals surface area contributed by atoms with E-state index in [2.05, 4.69) is 10.4 Å². The maximum absolute atomic E-state index is 12.8. The molecular formula is C23H25N3O3. The molecule has 0 fully saturated rings. The second kappa shape index (κ2) is 7.99. The lowest BCUT2D eigenvalue weighted by Crippen LogP contribution is -2.38. The number of para-hydroxylation sites is 1. The number of Topliss-reactive ketones (excluding diaryl/α,β-unsaturated/α-hetero) is 1. The van der Waals surface area contributed by atoms with E-state index in [1.807, 2.05) is 43.3 Å². The van der Waals surface area contributed by atoms with Crippen LogP contribution in [-0.4, -0.2) is 28.0 Å². The van der Waals surface area contributed by atoms with Crippen LogP contribution >= 0.6 is 0 Å². The van der Waals surface area contributed by atoms with Gasteiger partial charge in [-0.25, -0.2) is 0 Å². The number of fused-ring (bicyclic) bond motifs is 1. The van der Waals surface area contributed by atoms with Crippen LogP contribution in [0.25, 0.3) is 10.9 Å². The molecule has 1 aromatic heterocycles. The number of hydrogen-bond acceptors (Lipinski definition) is 4. The monoisotopic (exact) mass is 391 g/mol. The lowest BCUT2D eigenvalue weighted by molar-refractivity contribution is -0.125. The van der Waals surface area contributed by atoms with Gasteiger partial charge in [0.15, 0.2) is 11.5 Å². The van der Waals surface area contributed by atoms with Gasteiger partial charge < -0.3 is 5.32 Å². The lowest BCUT2D eigenvalue weighted by Gasteiger charge is -2.17. The van der Waals surface area contributed by atoms with Gasteiger partial charge in [-0.15, -0.1) is 0 Å². The average Bonchev–Trinajstić information content (AvgIpc) is 2.69. The molecule has 0 saturated heterocycles. The Bertz CT molecular complexity index is 1120. The normalized spacial score (nSPS) is 11.4. The van der Waals surface area contributed by atoms with Gasteiger partial charge in [-0.3, -0.25) is 19.1 Å². The molecule has 0 aliphatic rings. The minimum Gasteiger partial charge on any atom is -0.343 e. The lowest BCUT2D eigenvalue weighted by atomic mass is 9.91. The Labute approximate surface area is 169 Å². The number of carbonyl (C=O) groups excluding carboxylic acids is 2. The first-order valence-electron chi connectivity index (χ1n) is 9.54. The van der Waals surface area contributed by atoms with E-state index in [1.165, 1.54) is 0 Å². The average molecular weight is 391 g/mol. The van der Waals surface area contributed by atoms with Crippen molar-refractivity contribution < 1.29 is 9.59 Å². The van der Waals surface area contributed by atoms with Crippen molar-refractivity contribution in [3.63, 3.8) is 0 Å². The molecule has 6 heteroatoms. The van der Waals surface area contributed by atoms with Crippen LogP contribution in [0, 0.1) is 12.3 Å². The van der Waals surface area contributed by atoms with Gasteiger partial charge in [-0.1, -0.05) is 62.7 Å². The highest BCUT2D eigenvalue weighted by Crippen LogP contribution is 2.14. The van der Waals surface area contributed by atoms with Crippen LogP contribution in [-0.2, 0) is 11.3 Å². The number of ketones is 1. The van der Waals surface area contributed by atoms with E-state index >= 15 is 0 Å². The number of nitrogens with zero attached hydrogens (tertiary/aromatic N) is 2. The minimum atomic E-state index is -0.643. The molecule has 0 aliphatic carbocycles. The van der Waals surface area contributed by atoms with Crippen LogP contribution in [0.3, 0.4) is 0 Å². The molecule has 1 N–H and O–H groups in total. The summed E-state index contributed by atoms with van der Waals surface area (Å²) in [5.41, 5.74) is 1.58. The molecule has 1 amide bonds. The Morgan fingerprint density at radius 3 is 2.34 bits per heavy atom. The zero-order chi connectivity index (χ0) is 21.2. The number of aryl methyl sites for hydroxylation is 1. The molecule has 0 aliphatic heterocycles. The fourth-order valence-electron chi connectivity index (χ4n) is 2.88. The molecule has 0 saturated carbocycles. The zero-order valence-electron chi connectivity index (χ0n) is 17.2. The van der Waals surface area contributed by atoms with E-state index in [9.17, 15) is 14.4 Å². The van der Waals surface area contributed by atoms with Crippen LogP contribution in [0.4, 0.5) is 0 Å². The predicted octanol–water partition coefficient (Wildman–Crippen LogP) is 3.10. The first-order chi connectivity index (χ1) is 13.7. The van der Waals surface area contributed by atoms with Crippen molar-refractivity contribution in [2.75, 3.05) is 6.54 Å². The number of rotatable bonds is 5. The minimum absolute atomic E-state index is 0.119. The van der Waals surface area contributed by atoms with Crippen molar-refractivity contribution in [2.24, 2.45) is 5.41 Å². The molecule has 3 rings (SSSR count). The van der Waals surface area contributed by atoms with Crippen LogP contribution in [0.5, 0.6) is 0 Å². The number of nitrogens with one attached hydrogen (secondary N) is 1. The van der Waals surface area contributed by atoms with Crippen molar-refractivity contribution in [1.82, 2.24) is 15.1 Å². The molecule has 0 bridgehead atoms. The van der Waals surface area contributed by atoms with Crippen LogP contribution < -0.4 is 10.7 Å². The van der Waals surface area contributed by atoms with E-state index in [-0.39, 0.29) is 18.0 Å². The van der Waals surface area contributed by atoms with Gasteiger partial charge in [0.05, 0.1) is 18.6 Å². The first kappa shape index (κ1) is 20.5. The quantitative estimate of drug-likeness (QED) is 0.725. The molecule has 0 unspecified atom stereocenters. The largest absolute Gasteiger partial charge is 0.343 e. The molecule has 2 aromatic carbocycles. The number of carbonyl (C=O) groups is 2. The van der Waals surface area contributed by atoms with Crippen LogP contribution in [0.1, 0.15) is 42.4 Å². The second-order valence-electron chi connectivity index (χ2n) is 8.19. The summed E-state index contributed by atoms with van der Waals surface area (Å²) in [6, 6.07) is 15.1. The smallest absolute Gasteiger partial charge is 0.276 e. The number of benzene rings is 2. The Morgan fingerprint density at radius 1 is 1.03 bits per heavy atom. The molecule has 3 aromatic rings. The molecule has 0 atom stereocenters. The van der Waals surface area contributed by atoms with E-state index in [1.54, 1.807) is 37.6 Å². The molecule has 1 heterocycles. The van der Waals surface area contributed by atoms with Gasteiger partial charge in [-0.2, -0.15) is 5.10 Å². The Kier molecular flexibility index (Phi) is 5.64. The molecule has 29 heavy (non-hydrogen) atoms. The van der Waals surface area contributed by atoms with E-state index in [0.29, 0.717) is 17.4 Å². The summed E-state index contributed by atoms with van der Waals surface area (Å²) in [4.78, 5) is 37.6. The third-order valence-electron chi connectivity index (χ3n) is 4.78. The highest BCUT2D eigenvalue weighted by Gasteiger charge is 2.23. The van der Waals surface area contributed by atoms with Crippen molar-refractivity contribution in [2.45, 2.75) is 34.2 Å². The standard InChI is InChI=1S/C23H25N3O3/c1-15-9-11-16(12-10-15)14-26-18-8-6-5-7-17(18)21(28)20(25-26)22(29)24-13-19(27)23(2,3)4/h5-12H,13-14H2,1-4H3,(H,24,29). The number of aromatic nitrogens is 2. The Hall–Kier alpha value is -3.28. The van der Waals surface area contributed by atoms with Crippen molar-refractivity contribution in [3.05, 3.63) is 75.6 Å². The van der Waals surface area contributed by atoms with E-state index in [0.717, 1.165) is 11.1 Å². The third kappa shape index (κ3) is 4.59. The van der Waals surface area contributed by atoms with Crippen LogP contribution in [0.2, 0.25) is 0 Å². The van der Waals surface area contributed by atoms with Crippen molar-refractivity contribution >= 4 is 22.6 Å². The number of amides is 1. The summed E-state index contributed by atoms with van der Waals surface area (Å²) in [5.74, 6) is -0.761. The van der Waals surface area contributed by atoms with Crippen molar-refractivity contribution in [3.8, 4) is 0 Å². The second-order valence-corrected chi connectivity index (χ2v) is 8.19. The summed E-state index contributed by atoms with van der Waals surface area (Å²) in [7, 11) is 0. The fraction of sp³-hybridized carbons (Fsp3) is 0.304. The Balaban J connectivity index is 1.98. The van der Waals surface area contributed by atoms with Crippen LogP contribution in [0.15, 0.2) is 53.3 Å². The van der Waals surface area contributed by atoms with E-state index in [4.69, 9.17) is 0 Å². The van der Waals surface area contributed by atoms with Gasteiger partial charge in [0.2, 0.25) is 5.43 Å². The molecular weight excluding hydrogens is 366 g/mol. The predicted molar refractivity (Wildman–Crippen MR) is 113 cm³/mol. The van der Waals surface area contributed by atoms with E-state index < -0.39 is 16.8 Å². The van der Waals surface area contributed by atoms with Gasteiger partial charge in [0.1, 0.15) is 0 Å². The highest BCUT2D eigenvalue weighted by atomic mass is 16.2. The summed E-state index contributed by atoms with van der Waals surface area (Å²) >= 11 is 0. The summed E-state index contributed by atoms with van der Waals surface area (Å²) in [6.07, 6.45) is 0. The topological polar surface area (TPSA) is 81.1 Å². The summed E-state index contributed by atoms with van der Waals surface area (Å²) in [6.45, 7) is 7.63. The van der Waals surface area contributed by atoms with Crippen molar-refractivity contribution in [1.29, 1.82) is 0 Å². The molecule has 0 spiro atoms. The Morgan fingerprint density at radius 2 is 1.69 bits per heavy atom. The summed E-state index contributed by atoms with van der Waals surface area (Å²) < 4.78 is 1.65. The zero-order valence-corrected chi connectivity index (χ0v) is 17.2. The molecule has 0 radical (unpaired) electrons. The fourth-order valence-corrected chi connectivity index (χ4v) is 2.88. The first-order valence-corrected chi connectivity index (χ1v) is 9.54. The maximum Gasteiger partial charge on any atom is 0.276 e. The molecule has 150 valence electrons. The van der Waals surface area contributed by atoms with Gasteiger partial charge >= 0.3 is 0 Å². The molecule has 6 nitrogen and oxygen atoms in total. The highest BCUT2D eigenvalue weighted by molar-refractivity contribution is 5.98. The third-order valence-corrected chi connectivity index (χ3v) is 4.78. The summed E-state index contributed by atoms with van der Waals surface area (Å²) in [5, 5.41) is 7.30. The van der Waals surface area contributed by atoms with Gasteiger partial charge in [-0.05, 0) is 24.6 Å². The maximum atomic E-state index is 12.8. The van der Waals surface area contributed by atoms with Gasteiger partial charge in [0.25, 0.3) is 5.91 Å². The van der Waals surface area contributed by atoms with Gasteiger partial charge in [0, 0.05) is 10.8 Å². The SMILES string of the molecule is Cc1ccc(Cn2nc(C(=O)NCC(=O)C(C)(C)C)c(=O)c3ccccc32)cc1.